The van der Waals surface area contributed by atoms with Gasteiger partial charge in [0.1, 0.15) is 0 Å². The van der Waals surface area contributed by atoms with Crippen LogP contribution in [0.5, 0.6) is 0 Å². The number of amides is 1. The minimum Gasteiger partial charge on any atom is -0.354 e. The smallest absolute Gasteiger partial charge is 0.220 e. The minimum atomic E-state index is 0.190. The second kappa shape index (κ2) is 6.97. The third-order valence-electron chi connectivity index (χ3n) is 3.96. The predicted octanol–water partition coefficient (Wildman–Crippen LogP) is 1.11. The normalized spacial score (nSPS) is 17.9. The van der Waals surface area contributed by atoms with E-state index in [4.69, 9.17) is 5.73 Å². The largest absolute Gasteiger partial charge is 0.354 e. The molecule has 0 aromatic rings. The zero-order valence-electron chi connectivity index (χ0n) is 11.3. The quantitative estimate of drug-likeness (QED) is 0.626. The van der Waals surface area contributed by atoms with Gasteiger partial charge in [-0.25, -0.2) is 0 Å². The van der Waals surface area contributed by atoms with Crippen LogP contribution in [-0.2, 0) is 4.79 Å². The molecule has 1 aliphatic rings. The summed E-state index contributed by atoms with van der Waals surface area (Å²) < 4.78 is 0. The van der Waals surface area contributed by atoms with E-state index in [2.05, 4.69) is 24.3 Å². The van der Waals surface area contributed by atoms with Gasteiger partial charge in [0.15, 0.2) is 0 Å². The molecule has 3 N–H and O–H groups in total. The van der Waals surface area contributed by atoms with Gasteiger partial charge in [-0.15, -0.1) is 0 Å². The molecule has 0 spiro atoms. The fourth-order valence-corrected chi connectivity index (χ4v) is 2.33. The molecule has 1 rings (SSSR count). The predicted molar refractivity (Wildman–Crippen MR) is 70.8 cm³/mol. The van der Waals surface area contributed by atoms with E-state index in [1.807, 2.05) is 0 Å². The molecule has 0 atom stereocenters. The van der Waals surface area contributed by atoms with Gasteiger partial charge in [-0.3, -0.25) is 4.79 Å². The SMILES string of the molecule is CN(C)C1(CNC(=O)CCCCCN)CCC1. The average molecular weight is 241 g/mol. The van der Waals surface area contributed by atoms with Gasteiger partial charge in [0.25, 0.3) is 0 Å². The first kappa shape index (κ1) is 14.5. The Morgan fingerprint density at radius 1 is 1.29 bits per heavy atom. The fourth-order valence-electron chi connectivity index (χ4n) is 2.33. The lowest BCUT2D eigenvalue weighted by Gasteiger charge is -2.47. The number of carbonyl (C=O) groups is 1. The van der Waals surface area contributed by atoms with Gasteiger partial charge >= 0.3 is 0 Å². The van der Waals surface area contributed by atoms with E-state index in [0.717, 1.165) is 32.4 Å². The molecule has 100 valence electrons. The Kier molecular flexibility index (Phi) is 5.92. The summed E-state index contributed by atoms with van der Waals surface area (Å²) in [5.74, 6) is 0.190. The molecule has 1 aliphatic carbocycles. The number of nitrogens with zero attached hydrogens (tertiary/aromatic N) is 1. The maximum Gasteiger partial charge on any atom is 0.220 e. The summed E-state index contributed by atoms with van der Waals surface area (Å²) >= 11 is 0. The number of likely N-dealkylation sites (N-methyl/N-ethyl adjacent to an activating group) is 1. The van der Waals surface area contributed by atoms with Gasteiger partial charge in [0.05, 0.1) is 0 Å². The van der Waals surface area contributed by atoms with Crippen LogP contribution in [-0.4, -0.2) is 43.5 Å². The lowest BCUT2D eigenvalue weighted by atomic mass is 9.75. The van der Waals surface area contributed by atoms with Crippen molar-refractivity contribution in [2.45, 2.75) is 50.5 Å². The van der Waals surface area contributed by atoms with E-state index < -0.39 is 0 Å². The molecule has 0 bridgehead atoms. The molecule has 0 aliphatic heterocycles. The van der Waals surface area contributed by atoms with Crippen molar-refractivity contribution in [3.05, 3.63) is 0 Å². The van der Waals surface area contributed by atoms with E-state index >= 15 is 0 Å². The van der Waals surface area contributed by atoms with Crippen LogP contribution in [0.25, 0.3) is 0 Å². The summed E-state index contributed by atoms with van der Waals surface area (Å²) in [4.78, 5) is 13.9. The van der Waals surface area contributed by atoms with Crippen molar-refractivity contribution in [1.82, 2.24) is 10.2 Å². The number of hydrogen-bond acceptors (Lipinski definition) is 3. The first-order valence-corrected chi connectivity index (χ1v) is 6.75. The molecular weight excluding hydrogens is 214 g/mol. The van der Waals surface area contributed by atoms with Gasteiger partial charge in [0.2, 0.25) is 5.91 Å². The van der Waals surface area contributed by atoms with Crippen molar-refractivity contribution in [2.75, 3.05) is 27.2 Å². The number of hydrogen-bond donors (Lipinski definition) is 2. The maximum absolute atomic E-state index is 11.7. The Bertz CT molecular complexity index is 237. The molecule has 1 saturated carbocycles. The van der Waals surface area contributed by atoms with Gasteiger partial charge in [-0.05, 0) is 52.7 Å². The van der Waals surface area contributed by atoms with E-state index in [0.29, 0.717) is 6.42 Å². The highest BCUT2D eigenvalue weighted by Crippen LogP contribution is 2.35. The van der Waals surface area contributed by atoms with E-state index in [9.17, 15) is 4.79 Å². The monoisotopic (exact) mass is 241 g/mol. The van der Waals surface area contributed by atoms with Crippen molar-refractivity contribution in [3.8, 4) is 0 Å². The van der Waals surface area contributed by atoms with E-state index in [-0.39, 0.29) is 11.4 Å². The summed E-state index contributed by atoms with van der Waals surface area (Å²) in [6.45, 7) is 1.53. The first-order valence-electron chi connectivity index (χ1n) is 6.75. The number of rotatable bonds is 8. The maximum atomic E-state index is 11.7. The molecule has 0 radical (unpaired) electrons. The number of unbranched alkanes of at least 4 members (excludes halogenated alkanes) is 2. The zero-order valence-corrected chi connectivity index (χ0v) is 11.3. The Morgan fingerprint density at radius 2 is 2.00 bits per heavy atom. The van der Waals surface area contributed by atoms with Crippen molar-refractivity contribution >= 4 is 5.91 Å². The van der Waals surface area contributed by atoms with Crippen molar-refractivity contribution in [2.24, 2.45) is 5.73 Å². The molecule has 17 heavy (non-hydrogen) atoms. The summed E-state index contributed by atoms with van der Waals surface area (Å²) in [5, 5.41) is 3.07. The third-order valence-corrected chi connectivity index (χ3v) is 3.96. The van der Waals surface area contributed by atoms with E-state index in [1.54, 1.807) is 0 Å². The molecule has 1 fully saturated rings. The zero-order chi connectivity index (χ0) is 12.7. The van der Waals surface area contributed by atoms with Crippen LogP contribution in [0.2, 0.25) is 0 Å². The van der Waals surface area contributed by atoms with Crippen LogP contribution in [0.1, 0.15) is 44.9 Å². The molecule has 0 aromatic heterocycles. The summed E-state index contributed by atoms with van der Waals surface area (Å²) in [5.41, 5.74) is 5.64. The summed E-state index contributed by atoms with van der Waals surface area (Å²) in [7, 11) is 4.21. The molecule has 0 aromatic carbocycles. The standard InChI is InChI=1S/C13H27N3O/c1-16(2)13(8-6-9-13)11-15-12(17)7-4-3-5-10-14/h3-11,14H2,1-2H3,(H,15,17). The molecule has 0 heterocycles. The lowest BCUT2D eigenvalue weighted by molar-refractivity contribution is -0.122. The molecule has 1 amide bonds. The van der Waals surface area contributed by atoms with Crippen molar-refractivity contribution in [1.29, 1.82) is 0 Å². The third kappa shape index (κ3) is 4.28. The van der Waals surface area contributed by atoms with Gasteiger partial charge < -0.3 is 16.0 Å². The topological polar surface area (TPSA) is 58.4 Å². The average Bonchev–Trinajstić information content (AvgIpc) is 2.22. The van der Waals surface area contributed by atoms with Crippen LogP contribution in [0.15, 0.2) is 0 Å². The lowest BCUT2D eigenvalue weighted by Crippen LogP contribution is -2.57. The highest BCUT2D eigenvalue weighted by atomic mass is 16.1. The second-order valence-corrected chi connectivity index (χ2v) is 5.35. The van der Waals surface area contributed by atoms with Crippen molar-refractivity contribution in [3.63, 3.8) is 0 Å². The molecule has 0 saturated heterocycles. The number of carbonyl (C=O) groups excluding carboxylic acids is 1. The highest BCUT2D eigenvalue weighted by molar-refractivity contribution is 5.75. The molecular formula is C13H27N3O. The van der Waals surface area contributed by atoms with Crippen LogP contribution >= 0.6 is 0 Å². The van der Waals surface area contributed by atoms with Crippen LogP contribution in [0.4, 0.5) is 0 Å². The van der Waals surface area contributed by atoms with Crippen LogP contribution in [0, 0.1) is 0 Å². The minimum absolute atomic E-state index is 0.190. The molecule has 0 unspecified atom stereocenters. The fraction of sp³-hybridized carbons (Fsp3) is 0.923. The molecule has 4 nitrogen and oxygen atoms in total. The van der Waals surface area contributed by atoms with Gasteiger partial charge in [0, 0.05) is 18.5 Å². The van der Waals surface area contributed by atoms with Crippen LogP contribution < -0.4 is 11.1 Å². The summed E-state index contributed by atoms with van der Waals surface area (Å²) in [6, 6.07) is 0. The number of nitrogens with two attached hydrogens (primary N) is 1. The Balaban J connectivity index is 2.14. The van der Waals surface area contributed by atoms with E-state index in [1.165, 1.54) is 19.3 Å². The Labute approximate surface area is 105 Å². The van der Waals surface area contributed by atoms with Crippen molar-refractivity contribution < 1.29 is 4.79 Å². The summed E-state index contributed by atoms with van der Waals surface area (Å²) in [6.07, 6.45) is 7.37. The highest BCUT2D eigenvalue weighted by Gasteiger charge is 2.38. The number of nitrogens with one attached hydrogen (secondary N) is 1. The Hall–Kier alpha value is -0.610. The molecule has 4 heteroatoms. The second-order valence-electron chi connectivity index (χ2n) is 5.35. The first-order chi connectivity index (χ1) is 8.10. The Morgan fingerprint density at radius 3 is 2.47 bits per heavy atom. The van der Waals surface area contributed by atoms with Crippen LogP contribution in [0.3, 0.4) is 0 Å². The van der Waals surface area contributed by atoms with Gasteiger partial charge in [-0.1, -0.05) is 6.42 Å². The van der Waals surface area contributed by atoms with Gasteiger partial charge in [-0.2, -0.15) is 0 Å².